The van der Waals surface area contributed by atoms with Crippen LogP contribution < -0.4 is 10.2 Å². The minimum Gasteiger partial charge on any atom is -0.463 e. The molecule has 0 saturated carbocycles. The van der Waals surface area contributed by atoms with Crippen LogP contribution in [0, 0.1) is 11.3 Å². The fraction of sp³-hybridized carbons (Fsp3) is 0.292. The lowest BCUT2D eigenvalue weighted by atomic mass is 9.96. The van der Waals surface area contributed by atoms with E-state index in [2.05, 4.69) is 11.4 Å². The minimum absolute atomic E-state index is 0.304. The lowest BCUT2D eigenvalue weighted by molar-refractivity contribution is -0.138. The zero-order valence-electron chi connectivity index (χ0n) is 18.2. The summed E-state index contributed by atoms with van der Waals surface area (Å²) in [6.07, 6.45) is 0. The molecule has 6 nitrogen and oxygen atoms in total. The Bertz CT molecular complexity index is 1050. The average molecular weight is 435 g/mol. The molecule has 0 fully saturated rings. The van der Waals surface area contributed by atoms with Crippen molar-refractivity contribution in [1.29, 1.82) is 5.26 Å². The molecule has 0 aromatic heterocycles. The molecule has 2 aromatic carbocycles. The van der Waals surface area contributed by atoms with E-state index >= 15 is 0 Å². The summed E-state index contributed by atoms with van der Waals surface area (Å²) in [5.74, 6) is 0.237. The number of nitriles is 1. The Balaban J connectivity index is 1.91. The highest BCUT2D eigenvalue weighted by atomic mass is 32.2. The van der Waals surface area contributed by atoms with Gasteiger partial charge in [0.2, 0.25) is 0 Å². The number of benzene rings is 2. The van der Waals surface area contributed by atoms with Gasteiger partial charge in [-0.3, -0.25) is 0 Å². The molecular weight excluding hydrogens is 408 g/mol. The molecule has 1 N–H and O–H groups in total. The second-order valence-electron chi connectivity index (χ2n) is 7.26. The first-order valence-corrected chi connectivity index (χ1v) is 11.0. The van der Waals surface area contributed by atoms with Crippen LogP contribution in [0.2, 0.25) is 0 Å². The molecule has 3 rings (SSSR count). The van der Waals surface area contributed by atoms with Crippen molar-refractivity contribution in [3.05, 3.63) is 76.5 Å². The Labute approximate surface area is 187 Å². The second-order valence-corrected chi connectivity index (χ2v) is 8.23. The summed E-state index contributed by atoms with van der Waals surface area (Å²) in [4.78, 5) is 19.6. The number of carbonyl (C=O) groups excluding carboxylic acids is 1. The number of allylic oxidation sites excluding steroid dienone is 1. The predicted octanol–water partition coefficient (Wildman–Crippen LogP) is 4.40. The molecular formula is C24H26N4O2S. The van der Waals surface area contributed by atoms with Crippen molar-refractivity contribution < 1.29 is 9.53 Å². The summed E-state index contributed by atoms with van der Waals surface area (Å²) < 4.78 is 5.30. The topological polar surface area (TPSA) is 77.7 Å². The van der Waals surface area contributed by atoms with Gasteiger partial charge in [0.15, 0.2) is 5.17 Å². The van der Waals surface area contributed by atoms with E-state index in [-0.39, 0.29) is 5.97 Å². The number of carbonyl (C=O) groups is 1. The van der Waals surface area contributed by atoms with E-state index in [1.807, 2.05) is 74.4 Å². The Morgan fingerprint density at radius 2 is 1.94 bits per heavy atom. The molecule has 0 spiro atoms. The van der Waals surface area contributed by atoms with Gasteiger partial charge >= 0.3 is 5.97 Å². The van der Waals surface area contributed by atoms with Crippen LogP contribution >= 0.6 is 11.8 Å². The monoisotopic (exact) mass is 434 g/mol. The van der Waals surface area contributed by atoms with Gasteiger partial charge in [-0.2, -0.15) is 5.26 Å². The van der Waals surface area contributed by atoms with Crippen LogP contribution in [-0.2, 0) is 15.3 Å². The van der Waals surface area contributed by atoms with Crippen LogP contribution in [0.15, 0.2) is 64.8 Å². The normalized spacial score (nSPS) is 15.6. The van der Waals surface area contributed by atoms with Gasteiger partial charge < -0.3 is 15.0 Å². The number of ether oxygens (including phenoxy) is 1. The smallest absolute Gasteiger partial charge is 0.338 e. The maximum Gasteiger partial charge on any atom is 0.338 e. The van der Waals surface area contributed by atoms with Gasteiger partial charge in [0.05, 0.1) is 23.8 Å². The third kappa shape index (κ3) is 5.28. The first kappa shape index (κ1) is 22.4. The Morgan fingerprint density at radius 1 is 1.23 bits per heavy atom. The van der Waals surface area contributed by atoms with Gasteiger partial charge in [-0.05, 0) is 43.2 Å². The molecule has 1 atom stereocenters. The lowest BCUT2D eigenvalue weighted by Gasteiger charge is -2.26. The summed E-state index contributed by atoms with van der Waals surface area (Å²) in [5, 5.41) is 13.3. The van der Waals surface area contributed by atoms with E-state index in [0.29, 0.717) is 28.7 Å². The fourth-order valence-corrected chi connectivity index (χ4v) is 4.24. The molecule has 0 radical (unpaired) electrons. The fourth-order valence-electron chi connectivity index (χ4n) is 3.29. The molecule has 1 aliphatic heterocycles. The van der Waals surface area contributed by atoms with Gasteiger partial charge in [-0.1, -0.05) is 42.1 Å². The largest absolute Gasteiger partial charge is 0.463 e. The van der Waals surface area contributed by atoms with E-state index in [4.69, 9.17) is 9.73 Å². The zero-order chi connectivity index (χ0) is 22.4. The molecule has 0 amide bonds. The third-order valence-electron chi connectivity index (χ3n) is 4.94. The van der Waals surface area contributed by atoms with Gasteiger partial charge in [0.1, 0.15) is 6.04 Å². The number of esters is 1. The minimum atomic E-state index is -0.453. The Hall–Kier alpha value is -3.24. The van der Waals surface area contributed by atoms with Crippen LogP contribution in [0.5, 0.6) is 0 Å². The highest BCUT2D eigenvalue weighted by Gasteiger charge is 2.30. The lowest BCUT2D eigenvalue weighted by Crippen LogP contribution is -2.30. The first-order valence-electron chi connectivity index (χ1n) is 10.0. The van der Waals surface area contributed by atoms with Crippen molar-refractivity contribution in [1.82, 2.24) is 5.32 Å². The Morgan fingerprint density at radius 3 is 2.58 bits per heavy atom. The Kier molecular flexibility index (Phi) is 7.37. The molecule has 1 aliphatic rings. The quantitative estimate of drug-likeness (QED) is 0.679. The second kappa shape index (κ2) is 10.2. The zero-order valence-corrected chi connectivity index (χ0v) is 19.0. The molecule has 0 unspecified atom stereocenters. The number of aliphatic imine (C=N–C) groups is 1. The summed E-state index contributed by atoms with van der Waals surface area (Å²) in [6, 6.07) is 17.3. The van der Waals surface area contributed by atoms with Crippen LogP contribution in [0.3, 0.4) is 0 Å². The van der Waals surface area contributed by atoms with Crippen molar-refractivity contribution in [2.45, 2.75) is 25.6 Å². The highest BCUT2D eigenvalue weighted by Crippen LogP contribution is 2.34. The summed E-state index contributed by atoms with van der Waals surface area (Å²) in [7, 11) is 3.97. The van der Waals surface area contributed by atoms with Crippen molar-refractivity contribution in [3.8, 4) is 6.07 Å². The number of thioether (sulfide) groups is 1. The number of hydrogen-bond acceptors (Lipinski definition) is 7. The molecule has 31 heavy (non-hydrogen) atoms. The summed E-state index contributed by atoms with van der Waals surface area (Å²) in [5.41, 5.74) is 4.84. The van der Waals surface area contributed by atoms with Crippen LogP contribution in [0.25, 0.3) is 0 Å². The number of nitrogens with zero attached hydrogens (tertiary/aromatic N) is 3. The van der Waals surface area contributed by atoms with Gasteiger partial charge in [0, 0.05) is 31.2 Å². The highest BCUT2D eigenvalue weighted by molar-refractivity contribution is 8.13. The van der Waals surface area contributed by atoms with Gasteiger partial charge in [-0.25, -0.2) is 9.79 Å². The average Bonchev–Trinajstić information content (AvgIpc) is 2.77. The number of rotatable bonds is 6. The number of anilines is 1. The molecule has 0 saturated heterocycles. The van der Waals surface area contributed by atoms with Crippen molar-refractivity contribution in [3.63, 3.8) is 0 Å². The summed E-state index contributed by atoms with van der Waals surface area (Å²) in [6.45, 7) is 3.96. The first-order chi connectivity index (χ1) is 14.9. The van der Waals surface area contributed by atoms with Gasteiger partial charge in [-0.15, -0.1) is 0 Å². The van der Waals surface area contributed by atoms with Crippen molar-refractivity contribution in [2.24, 2.45) is 4.99 Å². The van der Waals surface area contributed by atoms with Crippen molar-refractivity contribution in [2.75, 3.05) is 25.6 Å². The van der Waals surface area contributed by atoms with E-state index in [0.717, 1.165) is 22.5 Å². The standard InChI is InChI=1S/C24H26N4O2S/c1-5-30-23(29)21-16(2)26-24(31-15-19-9-7-6-8-18(19)14-25)27-22(21)17-10-12-20(13-11-17)28(3)4/h6-13,22H,5,15H2,1-4H3,(H,26,27)/t22-/m0/s1. The van der Waals surface area contributed by atoms with Crippen molar-refractivity contribution >= 4 is 28.6 Å². The SMILES string of the molecule is CCOC(=O)C1=C(C)NC(SCc2ccccc2C#N)=N[C@H]1c1ccc(N(C)C)cc1. The van der Waals surface area contributed by atoms with E-state index in [9.17, 15) is 10.1 Å². The van der Waals surface area contributed by atoms with E-state index in [1.165, 1.54) is 11.8 Å². The molecule has 2 aromatic rings. The maximum absolute atomic E-state index is 12.7. The number of amidine groups is 1. The van der Waals surface area contributed by atoms with Crippen LogP contribution in [-0.4, -0.2) is 31.8 Å². The third-order valence-corrected chi connectivity index (χ3v) is 5.88. The van der Waals surface area contributed by atoms with Crippen LogP contribution in [0.4, 0.5) is 5.69 Å². The molecule has 0 bridgehead atoms. The molecule has 160 valence electrons. The van der Waals surface area contributed by atoms with E-state index < -0.39 is 6.04 Å². The van der Waals surface area contributed by atoms with Crippen LogP contribution in [0.1, 0.15) is 36.6 Å². The summed E-state index contributed by atoms with van der Waals surface area (Å²) >= 11 is 1.51. The number of hydrogen-bond donors (Lipinski definition) is 1. The maximum atomic E-state index is 12.7. The van der Waals surface area contributed by atoms with Gasteiger partial charge in [0.25, 0.3) is 0 Å². The van der Waals surface area contributed by atoms with E-state index in [1.54, 1.807) is 6.92 Å². The number of nitrogens with one attached hydrogen (secondary N) is 1. The molecule has 0 aliphatic carbocycles. The predicted molar refractivity (Wildman–Crippen MR) is 126 cm³/mol. The molecule has 1 heterocycles. The molecule has 7 heteroatoms.